The molecule has 7 nitrogen and oxygen atoms in total. The number of nitrogens with zero attached hydrogens (tertiary/aromatic N) is 3. The van der Waals surface area contributed by atoms with Crippen molar-refractivity contribution in [1.29, 1.82) is 0 Å². The number of hydrazone groups is 1. The third kappa shape index (κ3) is 2.32. The summed E-state index contributed by atoms with van der Waals surface area (Å²) in [5.41, 5.74) is 2.16. The molecule has 7 heteroatoms. The lowest BCUT2D eigenvalue weighted by Gasteiger charge is -2.34. The van der Waals surface area contributed by atoms with E-state index in [4.69, 9.17) is 5.84 Å². The van der Waals surface area contributed by atoms with Gasteiger partial charge >= 0.3 is 5.97 Å². The minimum Gasteiger partial charge on any atom is -0.480 e. The molecule has 116 valence electrons. The van der Waals surface area contributed by atoms with E-state index in [2.05, 4.69) is 10.1 Å². The van der Waals surface area contributed by atoms with Crippen molar-refractivity contribution >= 4 is 29.1 Å². The SMILES string of the molecule is CC1=CC=C(c2ccccc2)C2=NC(=NN)C(C(=O)O)C(=O)N12. The van der Waals surface area contributed by atoms with Gasteiger partial charge in [-0.05, 0) is 24.6 Å². The number of aliphatic imine (C=N–C) groups is 1. The Bertz CT molecular complexity index is 806. The Morgan fingerprint density at radius 3 is 2.61 bits per heavy atom. The number of carboxylic acid groups (broad SMARTS) is 1. The number of hydrogen-bond donors (Lipinski definition) is 2. The summed E-state index contributed by atoms with van der Waals surface area (Å²) in [5.74, 6) is 1.93. The van der Waals surface area contributed by atoms with Crippen LogP contribution in [0.15, 0.2) is 58.3 Å². The van der Waals surface area contributed by atoms with Crippen molar-refractivity contribution in [3.05, 3.63) is 53.7 Å². The van der Waals surface area contributed by atoms with Crippen molar-refractivity contribution in [3.8, 4) is 0 Å². The van der Waals surface area contributed by atoms with E-state index < -0.39 is 17.8 Å². The van der Waals surface area contributed by atoms with Gasteiger partial charge in [-0.2, -0.15) is 5.10 Å². The van der Waals surface area contributed by atoms with Crippen molar-refractivity contribution in [1.82, 2.24) is 4.90 Å². The summed E-state index contributed by atoms with van der Waals surface area (Å²) in [6.45, 7) is 1.72. The highest BCUT2D eigenvalue weighted by atomic mass is 16.4. The van der Waals surface area contributed by atoms with Gasteiger partial charge in [0, 0.05) is 11.3 Å². The fourth-order valence-electron chi connectivity index (χ4n) is 2.60. The largest absolute Gasteiger partial charge is 0.480 e. The number of allylic oxidation sites excluding steroid dienone is 3. The number of fused-ring (bicyclic) bond motifs is 1. The van der Waals surface area contributed by atoms with Crippen LogP contribution in [-0.2, 0) is 9.59 Å². The van der Waals surface area contributed by atoms with E-state index in [0.717, 1.165) is 5.56 Å². The van der Waals surface area contributed by atoms with Crippen LogP contribution < -0.4 is 5.84 Å². The van der Waals surface area contributed by atoms with E-state index in [1.807, 2.05) is 36.4 Å². The number of nitrogens with two attached hydrogens (primary N) is 1. The molecule has 0 bridgehead atoms. The number of aliphatic carboxylic acids is 1. The minimum absolute atomic E-state index is 0.203. The van der Waals surface area contributed by atoms with Crippen molar-refractivity contribution in [2.75, 3.05) is 0 Å². The molecule has 0 saturated heterocycles. The van der Waals surface area contributed by atoms with Gasteiger partial charge in [-0.3, -0.25) is 14.5 Å². The van der Waals surface area contributed by atoms with Crippen LogP contribution in [-0.4, -0.2) is 33.6 Å². The number of benzene rings is 1. The molecular formula is C16H14N4O3. The number of amidine groups is 2. The normalized spacial score (nSPS) is 22.2. The summed E-state index contributed by atoms with van der Waals surface area (Å²) in [5, 5.41) is 12.7. The second-order valence-corrected chi connectivity index (χ2v) is 5.12. The van der Waals surface area contributed by atoms with Crippen molar-refractivity contribution < 1.29 is 14.7 Å². The Balaban J connectivity index is 2.18. The van der Waals surface area contributed by atoms with Gasteiger partial charge in [0.25, 0.3) is 5.91 Å². The smallest absolute Gasteiger partial charge is 0.324 e. The maximum Gasteiger partial charge on any atom is 0.324 e. The van der Waals surface area contributed by atoms with Crippen LogP contribution in [0, 0.1) is 5.92 Å². The first-order valence-electron chi connectivity index (χ1n) is 6.92. The van der Waals surface area contributed by atoms with Gasteiger partial charge in [0.1, 0.15) is 5.84 Å². The van der Waals surface area contributed by atoms with Gasteiger partial charge in [-0.15, -0.1) is 0 Å². The zero-order valence-electron chi connectivity index (χ0n) is 12.3. The van der Waals surface area contributed by atoms with Crippen LogP contribution >= 0.6 is 0 Å². The Morgan fingerprint density at radius 2 is 2.00 bits per heavy atom. The highest BCUT2D eigenvalue weighted by Gasteiger charge is 2.43. The standard InChI is InChI=1S/C16H14N4O3/c1-9-7-8-11(10-5-3-2-4-6-10)14-18-13(19-17)12(16(22)23)15(21)20(9)14/h2-8,12H,17H2,1H3,(H,22,23). The molecule has 0 fully saturated rings. The van der Waals surface area contributed by atoms with Crippen LogP contribution in [0.4, 0.5) is 0 Å². The van der Waals surface area contributed by atoms with Gasteiger partial charge < -0.3 is 10.9 Å². The molecule has 2 aliphatic rings. The van der Waals surface area contributed by atoms with Crippen molar-refractivity contribution in [2.24, 2.45) is 21.9 Å². The van der Waals surface area contributed by atoms with E-state index in [-0.39, 0.29) is 5.84 Å². The molecule has 1 unspecified atom stereocenters. The van der Waals surface area contributed by atoms with Crippen LogP contribution in [0.1, 0.15) is 12.5 Å². The second-order valence-electron chi connectivity index (χ2n) is 5.12. The molecule has 0 spiro atoms. The van der Waals surface area contributed by atoms with E-state index in [9.17, 15) is 14.7 Å². The number of amides is 1. The van der Waals surface area contributed by atoms with E-state index in [0.29, 0.717) is 17.1 Å². The Morgan fingerprint density at radius 1 is 1.30 bits per heavy atom. The predicted molar refractivity (Wildman–Crippen MR) is 85.2 cm³/mol. The van der Waals surface area contributed by atoms with Gasteiger partial charge in [0.2, 0.25) is 0 Å². The maximum absolute atomic E-state index is 12.6. The highest BCUT2D eigenvalue weighted by Crippen LogP contribution is 2.30. The summed E-state index contributed by atoms with van der Waals surface area (Å²) in [4.78, 5) is 29.5. The second kappa shape index (κ2) is 5.53. The molecule has 2 heterocycles. The van der Waals surface area contributed by atoms with Crippen LogP contribution in [0.5, 0.6) is 0 Å². The predicted octanol–water partition coefficient (Wildman–Crippen LogP) is 1.20. The minimum atomic E-state index is -1.50. The summed E-state index contributed by atoms with van der Waals surface area (Å²) < 4.78 is 0. The molecule has 0 aliphatic carbocycles. The van der Waals surface area contributed by atoms with Crippen LogP contribution in [0.25, 0.3) is 5.57 Å². The number of rotatable bonds is 2. The lowest BCUT2D eigenvalue weighted by molar-refractivity contribution is -0.145. The van der Waals surface area contributed by atoms with Crippen LogP contribution in [0.3, 0.4) is 0 Å². The van der Waals surface area contributed by atoms with E-state index in [1.54, 1.807) is 13.0 Å². The number of hydrogen-bond acceptors (Lipinski definition) is 4. The van der Waals surface area contributed by atoms with Crippen molar-refractivity contribution in [3.63, 3.8) is 0 Å². The summed E-state index contributed by atoms with van der Waals surface area (Å²) >= 11 is 0. The average molecular weight is 310 g/mol. The number of carbonyl (C=O) groups excluding carboxylic acids is 1. The third-order valence-corrected chi connectivity index (χ3v) is 3.71. The fraction of sp³-hybridized carbons (Fsp3) is 0.125. The van der Waals surface area contributed by atoms with Crippen molar-refractivity contribution in [2.45, 2.75) is 6.92 Å². The molecule has 3 N–H and O–H groups in total. The highest BCUT2D eigenvalue weighted by molar-refractivity contribution is 6.37. The lowest BCUT2D eigenvalue weighted by Crippen LogP contribution is -2.50. The number of carboxylic acids is 1. The first kappa shape index (κ1) is 14.7. The summed E-state index contributed by atoms with van der Waals surface area (Å²) in [6, 6.07) is 9.39. The van der Waals surface area contributed by atoms with Gasteiger partial charge in [0.05, 0.1) is 0 Å². The maximum atomic E-state index is 12.6. The fourth-order valence-corrected chi connectivity index (χ4v) is 2.60. The van der Waals surface area contributed by atoms with E-state index in [1.165, 1.54) is 4.90 Å². The molecule has 1 aromatic carbocycles. The monoisotopic (exact) mass is 310 g/mol. The average Bonchev–Trinajstić information content (AvgIpc) is 2.54. The number of carbonyl (C=O) groups is 2. The summed E-state index contributed by atoms with van der Waals surface area (Å²) in [6.07, 6.45) is 3.59. The quantitative estimate of drug-likeness (QED) is 0.486. The molecular weight excluding hydrogens is 296 g/mol. The Hall–Kier alpha value is -3.22. The first-order chi connectivity index (χ1) is 11.0. The molecule has 1 amide bonds. The van der Waals surface area contributed by atoms with Crippen LogP contribution in [0.2, 0.25) is 0 Å². The summed E-state index contributed by atoms with van der Waals surface area (Å²) in [7, 11) is 0. The molecule has 23 heavy (non-hydrogen) atoms. The molecule has 1 atom stereocenters. The van der Waals surface area contributed by atoms with Gasteiger partial charge in [-0.25, -0.2) is 4.99 Å². The van der Waals surface area contributed by atoms with Gasteiger partial charge in [0.15, 0.2) is 11.8 Å². The molecule has 0 aromatic heterocycles. The zero-order valence-corrected chi connectivity index (χ0v) is 12.3. The molecule has 0 saturated carbocycles. The molecule has 1 aromatic rings. The first-order valence-corrected chi connectivity index (χ1v) is 6.92. The Kier molecular flexibility index (Phi) is 3.53. The topological polar surface area (TPSA) is 108 Å². The van der Waals surface area contributed by atoms with Gasteiger partial charge in [-0.1, -0.05) is 30.3 Å². The molecule has 0 radical (unpaired) electrons. The third-order valence-electron chi connectivity index (χ3n) is 3.71. The lowest BCUT2D eigenvalue weighted by atomic mass is 9.96. The Labute approximate surface area is 132 Å². The molecule has 3 rings (SSSR count). The molecule has 2 aliphatic heterocycles. The van der Waals surface area contributed by atoms with E-state index >= 15 is 0 Å². The zero-order chi connectivity index (χ0) is 16.6.